The maximum Gasteiger partial charge on any atom is 0.0603 e. The van der Waals surface area contributed by atoms with E-state index >= 15 is 0 Å². The van der Waals surface area contributed by atoms with Crippen molar-refractivity contribution >= 4 is 0 Å². The molecule has 0 bridgehead atoms. The molecular formula is C14H30O. The second-order valence-corrected chi connectivity index (χ2v) is 7.42. The molecule has 0 unspecified atom stereocenters. The highest BCUT2D eigenvalue weighted by Gasteiger charge is 2.23. The lowest BCUT2D eigenvalue weighted by molar-refractivity contribution is -0.0346. The summed E-state index contributed by atoms with van der Waals surface area (Å²) in [6, 6.07) is 0. The summed E-state index contributed by atoms with van der Waals surface area (Å²) in [5.74, 6) is 0.603. The molecule has 1 nitrogen and oxygen atoms in total. The SMILES string of the molecule is CC(C)[C@@H](CC(C)(C)C)OCC(C)(C)C. The van der Waals surface area contributed by atoms with Gasteiger partial charge in [0.1, 0.15) is 0 Å². The molecule has 1 heteroatoms. The van der Waals surface area contributed by atoms with Crippen molar-refractivity contribution < 1.29 is 4.74 Å². The highest BCUT2D eigenvalue weighted by Crippen LogP contribution is 2.27. The first kappa shape index (κ1) is 15.0. The van der Waals surface area contributed by atoms with E-state index in [-0.39, 0.29) is 5.41 Å². The normalized spacial score (nSPS) is 15.8. The first-order valence-electron chi connectivity index (χ1n) is 6.13. The summed E-state index contributed by atoms with van der Waals surface area (Å²) in [7, 11) is 0. The molecule has 0 spiro atoms. The Balaban J connectivity index is 4.18. The largest absolute Gasteiger partial charge is 0.377 e. The van der Waals surface area contributed by atoms with Gasteiger partial charge >= 0.3 is 0 Å². The van der Waals surface area contributed by atoms with Crippen molar-refractivity contribution in [2.45, 2.75) is 67.9 Å². The zero-order valence-corrected chi connectivity index (χ0v) is 12.0. The van der Waals surface area contributed by atoms with Crippen LogP contribution >= 0.6 is 0 Å². The molecule has 1 atom stereocenters. The predicted molar refractivity (Wildman–Crippen MR) is 68.1 cm³/mol. The quantitative estimate of drug-likeness (QED) is 0.669. The topological polar surface area (TPSA) is 9.23 Å². The van der Waals surface area contributed by atoms with Crippen molar-refractivity contribution in [3.05, 3.63) is 0 Å². The summed E-state index contributed by atoms with van der Waals surface area (Å²) < 4.78 is 6.04. The number of ether oxygens (including phenoxy) is 1. The molecule has 0 aliphatic heterocycles. The number of hydrogen-bond donors (Lipinski definition) is 0. The van der Waals surface area contributed by atoms with E-state index in [0.29, 0.717) is 17.4 Å². The Labute approximate surface area is 96.6 Å². The number of rotatable bonds is 4. The van der Waals surface area contributed by atoms with E-state index in [0.717, 1.165) is 13.0 Å². The Morgan fingerprint density at radius 3 is 1.60 bits per heavy atom. The van der Waals surface area contributed by atoms with Crippen LogP contribution in [0.1, 0.15) is 61.8 Å². The molecule has 0 rings (SSSR count). The van der Waals surface area contributed by atoms with Crippen LogP contribution in [0.4, 0.5) is 0 Å². The Kier molecular flexibility index (Phi) is 5.32. The summed E-state index contributed by atoms with van der Waals surface area (Å²) in [5.41, 5.74) is 0.623. The minimum absolute atomic E-state index is 0.269. The lowest BCUT2D eigenvalue weighted by atomic mass is 9.85. The molecule has 0 fully saturated rings. The molecule has 0 aromatic heterocycles. The molecular weight excluding hydrogens is 184 g/mol. The van der Waals surface area contributed by atoms with E-state index in [4.69, 9.17) is 4.74 Å². The van der Waals surface area contributed by atoms with Gasteiger partial charge in [-0.15, -0.1) is 0 Å². The molecule has 0 aliphatic carbocycles. The first-order chi connectivity index (χ1) is 6.51. The van der Waals surface area contributed by atoms with Gasteiger partial charge in [-0.05, 0) is 23.2 Å². The maximum atomic E-state index is 6.04. The van der Waals surface area contributed by atoms with E-state index in [1.54, 1.807) is 0 Å². The van der Waals surface area contributed by atoms with Gasteiger partial charge in [0.25, 0.3) is 0 Å². The minimum Gasteiger partial charge on any atom is -0.377 e. The van der Waals surface area contributed by atoms with Crippen molar-refractivity contribution in [1.29, 1.82) is 0 Å². The van der Waals surface area contributed by atoms with Gasteiger partial charge < -0.3 is 4.74 Å². The van der Waals surface area contributed by atoms with E-state index in [9.17, 15) is 0 Å². The van der Waals surface area contributed by atoms with E-state index in [1.165, 1.54) is 0 Å². The molecule has 0 amide bonds. The number of hydrogen-bond acceptors (Lipinski definition) is 1. The average molecular weight is 214 g/mol. The summed E-state index contributed by atoms with van der Waals surface area (Å²) in [6.07, 6.45) is 1.53. The van der Waals surface area contributed by atoms with Crippen LogP contribution in [-0.2, 0) is 4.74 Å². The predicted octanol–water partition coefficient (Wildman–Crippen LogP) is 4.51. The van der Waals surface area contributed by atoms with Crippen molar-refractivity contribution in [2.24, 2.45) is 16.7 Å². The first-order valence-corrected chi connectivity index (χ1v) is 6.13. The standard InChI is InChI=1S/C14H30O/c1-11(2)12(9-13(3,4)5)15-10-14(6,7)8/h11-12H,9-10H2,1-8H3/t12-/m1/s1. The van der Waals surface area contributed by atoms with Crippen LogP contribution in [0.2, 0.25) is 0 Å². The Morgan fingerprint density at radius 1 is 0.867 bits per heavy atom. The van der Waals surface area contributed by atoms with Crippen molar-refractivity contribution in [2.75, 3.05) is 6.61 Å². The van der Waals surface area contributed by atoms with Gasteiger partial charge in [-0.2, -0.15) is 0 Å². The fourth-order valence-corrected chi connectivity index (χ4v) is 1.45. The summed E-state index contributed by atoms with van der Waals surface area (Å²) in [5, 5.41) is 0. The Bertz CT molecular complexity index is 169. The van der Waals surface area contributed by atoms with Crippen LogP contribution in [0.5, 0.6) is 0 Å². The fraction of sp³-hybridized carbons (Fsp3) is 1.00. The maximum absolute atomic E-state index is 6.04. The molecule has 0 aromatic rings. The molecule has 0 N–H and O–H groups in total. The lowest BCUT2D eigenvalue weighted by Gasteiger charge is -2.31. The van der Waals surface area contributed by atoms with Crippen LogP contribution in [0.15, 0.2) is 0 Å². The smallest absolute Gasteiger partial charge is 0.0603 e. The van der Waals surface area contributed by atoms with Crippen LogP contribution in [0.25, 0.3) is 0 Å². The molecule has 0 heterocycles. The second kappa shape index (κ2) is 5.34. The van der Waals surface area contributed by atoms with Crippen LogP contribution in [0, 0.1) is 16.7 Å². The van der Waals surface area contributed by atoms with Gasteiger partial charge in [-0.25, -0.2) is 0 Å². The van der Waals surface area contributed by atoms with E-state index in [2.05, 4.69) is 55.4 Å². The minimum atomic E-state index is 0.269. The van der Waals surface area contributed by atoms with Crippen LogP contribution < -0.4 is 0 Å². The Hall–Kier alpha value is -0.0400. The van der Waals surface area contributed by atoms with Gasteiger partial charge in [0.05, 0.1) is 12.7 Å². The summed E-state index contributed by atoms with van der Waals surface area (Å²) in [6.45, 7) is 18.9. The van der Waals surface area contributed by atoms with E-state index in [1.807, 2.05) is 0 Å². The summed E-state index contributed by atoms with van der Waals surface area (Å²) in [4.78, 5) is 0. The van der Waals surface area contributed by atoms with E-state index < -0.39 is 0 Å². The third-order valence-corrected chi connectivity index (χ3v) is 2.29. The third-order valence-electron chi connectivity index (χ3n) is 2.29. The monoisotopic (exact) mass is 214 g/mol. The summed E-state index contributed by atoms with van der Waals surface area (Å²) >= 11 is 0. The Morgan fingerprint density at radius 2 is 1.33 bits per heavy atom. The molecule has 0 aromatic carbocycles. The van der Waals surface area contributed by atoms with Crippen LogP contribution in [-0.4, -0.2) is 12.7 Å². The van der Waals surface area contributed by atoms with Crippen molar-refractivity contribution in [3.8, 4) is 0 Å². The van der Waals surface area contributed by atoms with Crippen molar-refractivity contribution in [3.63, 3.8) is 0 Å². The van der Waals surface area contributed by atoms with Gasteiger partial charge in [0, 0.05) is 0 Å². The van der Waals surface area contributed by atoms with Gasteiger partial charge in [0.15, 0.2) is 0 Å². The lowest BCUT2D eigenvalue weighted by Crippen LogP contribution is -2.29. The van der Waals surface area contributed by atoms with Crippen LogP contribution in [0.3, 0.4) is 0 Å². The zero-order valence-electron chi connectivity index (χ0n) is 12.0. The third kappa shape index (κ3) is 8.92. The zero-order chi connectivity index (χ0) is 12.3. The molecule has 0 aliphatic rings. The molecule has 0 radical (unpaired) electrons. The fourth-order valence-electron chi connectivity index (χ4n) is 1.45. The molecule has 15 heavy (non-hydrogen) atoms. The highest BCUT2D eigenvalue weighted by molar-refractivity contribution is 4.73. The second-order valence-electron chi connectivity index (χ2n) is 7.42. The molecule has 0 saturated carbocycles. The molecule has 0 saturated heterocycles. The van der Waals surface area contributed by atoms with Gasteiger partial charge in [-0.3, -0.25) is 0 Å². The average Bonchev–Trinajstić information content (AvgIpc) is 1.93. The van der Waals surface area contributed by atoms with Gasteiger partial charge in [-0.1, -0.05) is 55.4 Å². The van der Waals surface area contributed by atoms with Crippen molar-refractivity contribution in [1.82, 2.24) is 0 Å². The highest BCUT2D eigenvalue weighted by atomic mass is 16.5. The van der Waals surface area contributed by atoms with Gasteiger partial charge in [0.2, 0.25) is 0 Å². The molecule has 92 valence electrons.